The molecule has 2 unspecified atom stereocenters. The molecule has 0 amide bonds. The van der Waals surface area contributed by atoms with Gasteiger partial charge in [0, 0.05) is 12.8 Å². The highest BCUT2D eigenvalue weighted by Crippen LogP contribution is 2.43. The molecule has 0 aliphatic rings. The van der Waals surface area contributed by atoms with Gasteiger partial charge in [0.15, 0.2) is 6.10 Å². The third-order valence-electron chi connectivity index (χ3n) is 13.7. The summed E-state index contributed by atoms with van der Waals surface area (Å²) in [5.74, 6) is -0.798. The Kier molecular flexibility index (Phi) is 55.2. The number of likely N-dealkylation sites (N-methyl/N-ethyl adjacent to an activating group) is 1. The van der Waals surface area contributed by atoms with Gasteiger partial charge in [0.1, 0.15) is 19.8 Å². The predicted octanol–water partition coefficient (Wildman–Crippen LogP) is 20.0. The van der Waals surface area contributed by atoms with Crippen molar-refractivity contribution in [3.63, 3.8) is 0 Å². The number of ether oxygens (including phenoxy) is 2. The van der Waals surface area contributed by atoms with Gasteiger partial charge >= 0.3 is 19.8 Å². The molecule has 10 heteroatoms. The lowest BCUT2D eigenvalue weighted by molar-refractivity contribution is -0.870. The summed E-state index contributed by atoms with van der Waals surface area (Å²) in [5, 5.41) is 0. The van der Waals surface area contributed by atoms with Crippen molar-refractivity contribution in [1.29, 1.82) is 0 Å². The zero-order chi connectivity index (χ0) is 55.6. The number of hydrogen-bond donors (Lipinski definition) is 1. The van der Waals surface area contributed by atoms with Gasteiger partial charge in [-0.15, -0.1) is 0 Å². The first-order chi connectivity index (χ1) is 37.0. The minimum absolute atomic E-state index is 0.0309. The fourth-order valence-corrected chi connectivity index (χ4v) is 9.60. The van der Waals surface area contributed by atoms with E-state index in [2.05, 4.69) is 86.8 Å². The molecule has 0 bridgehead atoms. The Bertz CT molecular complexity index is 1510. The Hall–Kier alpha value is -2.55. The van der Waals surface area contributed by atoms with Crippen molar-refractivity contribution in [3.05, 3.63) is 72.9 Å². The molecular formula is C66H121NO8P+. The number of phosphoric acid groups is 1. The van der Waals surface area contributed by atoms with Crippen LogP contribution in [0.15, 0.2) is 72.9 Å². The molecule has 0 aromatic heterocycles. The van der Waals surface area contributed by atoms with Crippen molar-refractivity contribution in [2.45, 2.75) is 290 Å². The van der Waals surface area contributed by atoms with Crippen LogP contribution in [0.25, 0.3) is 0 Å². The minimum Gasteiger partial charge on any atom is -0.462 e. The molecule has 0 rings (SSSR count). The summed E-state index contributed by atoms with van der Waals surface area (Å²) in [7, 11) is 1.48. The lowest BCUT2D eigenvalue weighted by atomic mass is 10.0. The van der Waals surface area contributed by atoms with Crippen molar-refractivity contribution < 1.29 is 42.1 Å². The van der Waals surface area contributed by atoms with Crippen molar-refractivity contribution in [3.8, 4) is 0 Å². The number of unbranched alkanes of at least 4 members (excludes halogenated alkanes) is 32. The van der Waals surface area contributed by atoms with E-state index in [1.54, 1.807) is 0 Å². The van der Waals surface area contributed by atoms with E-state index in [0.717, 1.165) is 83.5 Å². The molecule has 0 spiro atoms. The van der Waals surface area contributed by atoms with Crippen LogP contribution in [0.5, 0.6) is 0 Å². The van der Waals surface area contributed by atoms with Crippen LogP contribution >= 0.6 is 7.82 Å². The normalized spacial score (nSPS) is 13.7. The third kappa shape index (κ3) is 60.7. The first kappa shape index (κ1) is 73.5. The van der Waals surface area contributed by atoms with Gasteiger partial charge in [0.25, 0.3) is 0 Å². The van der Waals surface area contributed by atoms with Crippen LogP contribution in [-0.4, -0.2) is 74.9 Å². The Morgan fingerprint density at radius 2 is 0.750 bits per heavy atom. The summed E-state index contributed by atoms with van der Waals surface area (Å²) in [6, 6.07) is 0. The maximum absolute atomic E-state index is 12.8. The topological polar surface area (TPSA) is 108 Å². The van der Waals surface area contributed by atoms with Gasteiger partial charge in [-0.2, -0.15) is 0 Å². The Balaban J connectivity index is 3.90. The lowest BCUT2D eigenvalue weighted by Gasteiger charge is -2.24. The zero-order valence-electron chi connectivity index (χ0n) is 50.2. The molecule has 0 fully saturated rings. The Morgan fingerprint density at radius 3 is 1.13 bits per heavy atom. The van der Waals surface area contributed by atoms with Crippen LogP contribution in [-0.2, 0) is 32.7 Å². The molecule has 0 aliphatic carbocycles. The molecule has 9 nitrogen and oxygen atoms in total. The molecule has 1 N–H and O–H groups in total. The summed E-state index contributed by atoms with van der Waals surface area (Å²) in [4.78, 5) is 35.6. The number of allylic oxidation sites excluding steroid dienone is 12. The number of phosphoric ester groups is 1. The van der Waals surface area contributed by atoms with Crippen LogP contribution in [0.2, 0.25) is 0 Å². The molecule has 2 atom stereocenters. The summed E-state index contributed by atoms with van der Waals surface area (Å²) in [6.45, 7) is 4.31. The largest absolute Gasteiger partial charge is 0.472 e. The number of carbonyl (C=O) groups excluding carboxylic acids is 2. The summed E-state index contributed by atoms with van der Waals surface area (Å²) >= 11 is 0. The third-order valence-corrected chi connectivity index (χ3v) is 14.7. The van der Waals surface area contributed by atoms with E-state index in [-0.39, 0.29) is 32.0 Å². The summed E-state index contributed by atoms with van der Waals surface area (Å²) in [5.41, 5.74) is 0. The lowest BCUT2D eigenvalue weighted by Crippen LogP contribution is -2.37. The molecule has 0 heterocycles. The molecule has 0 radical (unpaired) electrons. The number of nitrogens with zero attached hydrogens (tertiary/aromatic N) is 1. The number of hydrogen-bond acceptors (Lipinski definition) is 7. The maximum Gasteiger partial charge on any atom is 0.472 e. The first-order valence-corrected chi connectivity index (χ1v) is 33.2. The second-order valence-electron chi connectivity index (χ2n) is 22.4. The second-order valence-corrected chi connectivity index (χ2v) is 23.9. The molecule has 0 aromatic carbocycles. The van der Waals surface area contributed by atoms with Crippen LogP contribution in [0.3, 0.4) is 0 Å². The van der Waals surface area contributed by atoms with Crippen molar-refractivity contribution in [1.82, 2.24) is 0 Å². The SMILES string of the molecule is CC/C=C\C/C=C\C/C=C\C/C=C\C/C=C\CCCCCCCCCCCCCCCCCCCCCCCCCC(=O)OC(COC(=O)CCCCCCC/C=C\CCCCCC)COP(=O)(O)OCC[N+](C)(C)C. The maximum atomic E-state index is 12.8. The van der Waals surface area contributed by atoms with E-state index < -0.39 is 26.5 Å². The molecule has 76 heavy (non-hydrogen) atoms. The number of rotatable bonds is 58. The standard InChI is InChI=1S/C66H120NO8P/c1-6-8-10-12-14-16-18-20-21-22-23-24-25-26-27-28-29-30-31-32-33-34-35-36-37-38-39-40-41-42-43-44-45-47-49-51-53-55-57-59-66(69)75-64(63-74-76(70,71)73-61-60-67(3,4)5)62-72-65(68)58-56-54-52-50-48-46-19-17-15-13-11-9-7-2/h8,10,14,16-17,19-21,23-24,26-27,64H,6-7,9,11-13,15,18,22,25,28-63H2,1-5H3/p+1/b10-8-,16-14-,19-17-,21-20-,24-23-,27-26-. The minimum atomic E-state index is -4.38. The molecule has 0 aliphatic heterocycles. The van der Waals surface area contributed by atoms with E-state index in [1.165, 1.54) is 167 Å². The monoisotopic (exact) mass is 1090 g/mol. The number of esters is 2. The molecular weight excluding hydrogens is 966 g/mol. The van der Waals surface area contributed by atoms with Gasteiger partial charge < -0.3 is 18.9 Å². The first-order valence-electron chi connectivity index (χ1n) is 31.7. The van der Waals surface area contributed by atoms with Crippen molar-refractivity contribution in [2.24, 2.45) is 0 Å². The predicted molar refractivity (Wildman–Crippen MR) is 326 cm³/mol. The fourth-order valence-electron chi connectivity index (χ4n) is 8.86. The van der Waals surface area contributed by atoms with Crippen LogP contribution < -0.4 is 0 Å². The van der Waals surface area contributed by atoms with E-state index in [4.69, 9.17) is 18.5 Å². The van der Waals surface area contributed by atoms with Crippen LogP contribution in [0, 0.1) is 0 Å². The Morgan fingerprint density at radius 1 is 0.421 bits per heavy atom. The number of carbonyl (C=O) groups is 2. The van der Waals surface area contributed by atoms with E-state index in [1.807, 2.05) is 21.1 Å². The molecule has 0 saturated carbocycles. The van der Waals surface area contributed by atoms with Crippen molar-refractivity contribution >= 4 is 19.8 Å². The quantitative estimate of drug-likeness (QED) is 0.0211. The Labute approximate surface area is 469 Å². The number of quaternary nitrogens is 1. The smallest absolute Gasteiger partial charge is 0.462 e. The molecule has 442 valence electrons. The highest BCUT2D eigenvalue weighted by molar-refractivity contribution is 7.47. The van der Waals surface area contributed by atoms with Gasteiger partial charge in [0.05, 0.1) is 27.7 Å². The van der Waals surface area contributed by atoms with Gasteiger partial charge in [-0.25, -0.2) is 4.57 Å². The fraction of sp³-hybridized carbons (Fsp3) is 0.788. The average molecular weight is 1090 g/mol. The van der Waals surface area contributed by atoms with E-state index >= 15 is 0 Å². The van der Waals surface area contributed by atoms with Gasteiger partial charge in [-0.3, -0.25) is 18.6 Å². The van der Waals surface area contributed by atoms with E-state index in [0.29, 0.717) is 17.4 Å². The highest BCUT2D eigenvalue weighted by Gasteiger charge is 2.27. The van der Waals surface area contributed by atoms with Crippen molar-refractivity contribution in [2.75, 3.05) is 47.5 Å². The highest BCUT2D eigenvalue weighted by atomic mass is 31.2. The van der Waals surface area contributed by atoms with E-state index in [9.17, 15) is 19.0 Å². The summed E-state index contributed by atoms with van der Waals surface area (Å²) in [6.07, 6.45) is 75.8. The van der Waals surface area contributed by atoms with Gasteiger partial charge in [-0.05, 0) is 83.5 Å². The zero-order valence-corrected chi connectivity index (χ0v) is 51.1. The molecule has 0 aromatic rings. The van der Waals surface area contributed by atoms with Crippen LogP contribution in [0.4, 0.5) is 0 Å². The van der Waals surface area contributed by atoms with Gasteiger partial charge in [0.2, 0.25) is 0 Å². The summed E-state index contributed by atoms with van der Waals surface area (Å²) < 4.78 is 34.5. The van der Waals surface area contributed by atoms with Crippen LogP contribution in [0.1, 0.15) is 284 Å². The molecule has 0 saturated heterocycles. The second kappa shape index (κ2) is 57.1. The van der Waals surface area contributed by atoms with Gasteiger partial charge in [-0.1, -0.05) is 260 Å². The average Bonchev–Trinajstić information content (AvgIpc) is 3.38.